The molecule has 2 heteroatoms. The zero-order chi connectivity index (χ0) is 13.5. The van der Waals surface area contributed by atoms with E-state index in [1.54, 1.807) is 6.07 Å². The number of rotatable bonds is 7. The summed E-state index contributed by atoms with van der Waals surface area (Å²) in [5, 5.41) is 3.49. The third kappa shape index (κ3) is 4.41. The average molecular weight is 251 g/mol. The van der Waals surface area contributed by atoms with Gasteiger partial charge in [-0.15, -0.1) is 0 Å². The van der Waals surface area contributed by atoms with Crippen LogP contribution >= 0.6 is 0 Å². The van der Waals surface area contributed by atoms with Crippen molar-refractivity contribution in [3.05, 3.63) is 35.1 Å². The first-order chi connectivity index (χ1) is 8.58. The monoisotopic (exact) mass is 251 g/mol. The Labute approximate surface area is 111 Å². The van der Waals surface area contributed by atoms with Gasteiger partial charge < -0.3 is 5.32 Å². The summed E-state index contributed by atoms with van der Waals surface area (Å²) < 4.78 is 13.4. The highest BCUT2D eigenvalue weighted by molar-refractivity contribution is 5.29. The quantitative estimate of drug-likeness (QED) is 0.746. The SMILES string of the molecule is CCCC(C)CC(NCC)c1cc(F)ccc1C. The van der Waals surface area contributed by atoms with Gasteiger partial charge in [0.1, 0.15) is 5.82 Å². The van der Waals surface area contributed by atoms with Crippen LogP contribution in [-0.2, 0) is 0 Å². The molecule has 102 valence electrons. The number of hydrogen-bond acceptors (Lipinski definition) is 1. The van der Waals surface area contributed by atoms with Crippen LogP contribution in [0.2, 0.25) is 0 Å². The van der Waals surface area contributed by atoms with Gasteiger partial charge in [0.05, 0.1) is 0 Å². The summed E-state index contributed by atoms with van der Waals surface area (Å²) in [6, 6.07) is 5.37. The first-order valence-electron chi connectivity index (χ1n) is 7.07. The molecule has 0 aliphatic rings. The smallest absolute Gasteiger partial charge is 0.123 e. The predicted octanol–water partition coefficient (Wildman–Crippen LogP) is 4.61. The summed E-state index contributed by atoms with van der Waals surface area (Å²) in [7, 11) is 0. The van der Waals surface area contributed by atoms with Crippen molar-refractivity contribution in [1.82, 2.24) is 5.32 Å². The fourth-order valence-electron chi connectivity index (χ4n) is 2.57. The van der Waals surface area contributed by atoms with Crippen LogP contribution in [0.25, 0.3) is 0 Å². The second-order valence-electron chi connectivity index (χ2n) is 5.24. The van der Waals surface area contributed by atoms with Crippen molar-refractivity contribution in [1.29, 1.82) is 0 Å². The molecule has 2 atom stereocenters. The topological polar surface area (TPSA) is 12.0 Å². The maximum absolute atomic E-state index is 13.4. The average Bonchev–Trinajstić information content (AvgIpc) is 2.32. The lowest BCUT2D eigenvalue weighted by Gasteiger charge is -2.23. The molecule has 2 unspecified atom stereocenters. The van der Waals surface area contributed by atoms with Gasteiger partial charge in [0, 0.05) is 6.04 Å². The highest BCUT2D eigenvalue weighted by Gasteiger charge is 2.16. The van der Waals surface area contributed by atoms with Crippen LogP contribution in [0.5, 0.6) is 0 Å². The summed E-state index contributed by atoms with van der Waals surface area (Å²) in [6.07, 6.45) is 3.52. The number of benzene rings is 1. The lowest BCUT2D eigenvalue weighted by molar-refractivity contribution is 0.393. The molecule has 1 aromatic rings. The van der Waals surface area contributed by atoms with Gasteiger partial charge in [-0.2, -0.15) is 0 Å². The van der Waals surface area contributed by atoms with Gasteiger partial charge in [0.2, 0.25) is 0 Å². The van der Waals surface area contributed by atoms with Crippen LogP contribution in [-0.4, -0.2) is 6.54 Å². The normalized spacial score (nSPS) is 14.5. The third-order valence-corrected chi connectivity index (χ3v) is 3.49. The van der Waals surface area contributed by atoms with E-state index < -0.39 is 0 Å². The maximum Gasteiger partial charge on any atom is 0.123 e. The van der Waals surface area contributed by atoms with Crippen LogP contribution in [0.1, 0.15) is 57.2 Å². The molecule has 0 bridgehead atoms. The second-order valence-corrected chi connectivity index (χ2v) is 5.24. The van der Waals surface area contributed by atoms with Crippen molar-refractivity contribution < 1.29 is 4.39 Å². The number of hydrogen-bond donors (Lipinski definition) is 1. The van der Waals surface area contributed by atoms with E-state index in [1.165, 1.54) is 24.5 Å². The molecule has 1 aromatic carbocycles. The molecule has 1 N–H and O–H groups in total. The summed E-state index contributed by atoms with van der Waals surface area (Å²) in [6.45, 7) is 9.57. The molecular formula is C16H26FN. The largest absolute Gasteiger partial charge is 0.310 e. The molecule has 0 radical (unpaired) electrons. The molecule has 0 saturated heterocycles. The Morgan fingerprint density at radius 2 is 2.00 bits per heavy atom. The van der Waals surface area contributed by atoms with Crippen LogP contribution in [0.15, 0.2) is 18.2 Å². The van der Waals surface area contributed by atoms with Crippen LogP contribution in [0.4, 0.5) is 4.39 Å². The van der Waals surface area contributed by atoms with Gasteiger partial charge >= 0.3 is 0 Å². The highest BCUT2D eigenvalue weighted by atomic mass is 19.1. The predicted molar refractivity (Wildman–Crippen MR) is 76.2 cm³/mol. The van der Waals surface area contributed by atoms with Crippen molar-refractivity contribution in [2.45, 2.75) is 53.0 Å². The first-order valence-corrected chi connectivity index (χ1v) is 7.07. The Balaban J connectivity index is 2.85. The zero-order valence-corrected chi connectivity index (χ0v) is 12.1. The molecule has 1 nitrogen and oxygen atoms in total. The van der Waals surface area contributed by atoms with E-state index in [0.717, 1.165) is 18.5 Å². The molecule has 0 spiro atoms. The molecule has 18 heavy (non-hydrogen) atoms. The molecule has 0 amide bonds. The van der Waals surface area contributed by atoms with E-state index in [-0.39, 0.29) is 11.9 Å². The number of nitrogens with one attached hydrogen (secondary N) is 1. The number of halogens is 1. The Kier molecular flexibility index (Phi) is 6.34. The fraction of sp³-hybridized carbons (Fsp3) is 0.625. The molecule has 0 saturated carbocycles. The van der Waals surface area contributed by atoms with Gasteiger partial charge in [-0.25, -0.2) is 4.39 Å². The fourth-order valence-corrected chi connectivity index (χ4v) is 2.57. The molecule has 1 rings (SSSR count). The second kappa shape index (κ2) is 7.52. The molecule has 0 fully saturated rings. The van der Waals surface area contributed by atoms with E-state index in [0.29, 0.717) is 5.92 Å². The van der Waals surface area contributed by atoms with Crippen molar-refractivity contribution in [3.63, 3.8) is 0 Å². The molecular weight excluding hydrogens is 225 g/mol. The maximum atomic E-state index is 13.4. The van der Waals surface area contributed by atoms with E-state index in [9.17, 15) is 4.39 Å². The summed E-state index contributed by atoms with van der Waals surface area (Å²) >= 11 is 0. The molecule has 0 aliphatic carbocycles. The first kappa shape index (κ1) is 15.2. The van der Waals surface area contributed by atoms with Gasteiger partial charge in [-0.1, -0.05) is 39.7 Å². The van der Waals surface area contributed by atoms with Crippen LogP contribution in [0, 0.1) is 18.7 Å². The third-order valence-electron chi connectivity index (χ3n) is 3.49. The van der Waals surface area contributed by atoms with E-state index in [2.05, 4.69) is 33.0 Å². The molecule has 0 aliphatic heterocycles. The lowest BCUT2D eigenvalue weighted by Crippen LogP contribution is -2.23. The Morgan fingerprint density at radius 1 is 1.28 bits per heavy atom. The van der Waals surface area contributed by atoms with E-state index >= 15 is 0 Å². The van der Waals surface area contributed by atoms with Crippen LogP contribution in [0.3, 0.4) is 0 Å². The Hall–Kier alpha value is -0.890. The minimum atomic E-state index is -0.137. The summed E-state index contributed by atoms with van der Waals surface area (Å²) in [5.41, 5.74) is 2.28. The van der Waals surface area contributed by atoms with Gasteiger partial charge in [-0.3, -0.25) is 0 Å². The Bertz CT molecular complexity index is 362. The van der Waals surface area contributed by atoms with Crippen molar-refractivity contribution in [2.75, 3.05) is 6.54 Å². The van der Waals surface area contributed by atoms with Crippen molar-refractivity contribution in [2.24, 2.45) is 5.92 Å². The molecule has 0 heterocycles. The van der Waals surface area contributed by atoms with Gasteiger partial charge in [0.15, 0.2) is 0 Å². The van der Waals surface area contributed by atoms with E-state index in [4.69, 9.17) is 0 Å². The minimum Gasteiger partial charge on any atom is -0.310 e. The zero-order valence-electron chi connectivity index (χ0n) is 12.1. The van der Waals surface area contributed by atoms with E-state index in [1.807, 2.05) is 6.07 Å². The van der Waals surface area contributed by atoms with Crippen LogP contribution < -0.4 is 5.32 Å². The summed E-state index contributed by atoms with van der Waals surface area (Å²) in [5.74, 6) is 0.531. The minimum absolute atomic E-state index is 0.137. The van der Waals surface area contributed by atoms with Gasteiger partial charge in [0.25, 0.3) is 0 Å². The Morgan fingerprint density at radius 3 is 2.61 bits per heavy atom. The standard InChI is InChI=1S/C16H26FN/c1-5-7-12(3)10-16(18-6-2)15-11-14(17)9-8-13(15)4/h8-9,11-12,16,18H,5-7,10H2,1-4H3. The summed E-state index contributed by atoms with van der Waals surface area (Å²) in [4.78, 5) is 0. The number of aryl methyl sites for hydroxylation is 1. The lowest BCUT2D eigenvalue weighted by atomic mass is 9.91. The highest BCUT2D eigenvalue weighted by Crippen LogP contribution is 2.26. The molecule has 0 aromatic heterocycles. The van der Waals surface area contributed by atoms with Gasteiger partial charge in [-0.05, 0) is 49.1 Å². The van der Waals surface area contributed by atoms with Crippen molar-refractivity contribution >= 4 is 0 Å². The van der Waals surface area contributed by atoms with Crippen molar-refractivity contribution in [3.8, 4) is 0 Å².